The molecule has 7 aromatic rings. The molecule has 4 aromatic carbocycles. The van der Waals surface area contributed by atoms with Crippen LogP contribution in [0.25, 0.3) is 11.2 Å². The van der Waals surface area contributed by atoms with E-state index in [-0.39, 0.29) is 30.9 Å². The van der Waals surface area contributed by atoms with Crippen molar-refractivity contribution in [2.45, 2.75) is 102 Å². The van der Waals surface area contributed by atoms with Crippen LogP contribution in [0.2, 0.25) is 0 Å². The summed E-state index contributed by atoms with van der Waals surface area (Å²) in [6, 6.07) is 36.0. The molecule has 3 unspecified atom stereocenters. The Morgan fingerprint density at radius 2 is 1.46 bits per heavy atom. The Morgan fingerprint density at radius 3 is 2.03 bits per heavy atom. The van der Waals surface area contributed by atoms with Crippen LogP contribution >= 0.6 is 8.53 Å². The molecule has 0 spiro atoms. The zero-order valence-corrected chi connectivity index (χ0v) is 41.8. The normalized spacial score (nSPS) is 18.4. The second-order valence-electron chi connectivity index (χ2n) is 17.4. The zero-order valence-electron chi connectivity index (χ0n) is 40.9. The Bertz CT molecular complexity index is 2770. The highest BCUT2D eigenvalue weighted by atomic mass is 31.2. The molecule has 0 amide bonds. The van der Waals surface area contributed by atoms with Crippen molar-refractivity contribution in [2.24, 2.45) is 0 Å². The van der Waals surface area contributed by atoms with Gasteiger partial charge in [0.1, 0.15) is 53.5 Å². The molecule has 0 saturated carbocycles. The van der Waals surface area contributed by atoms with E-state index in [2.05, 4.69) is 58.4 Å². The number of ether oxygens (including phenoxy) is 5. The summed E-state index contributed by atoms with van der Waals surface area (Å²) in [6.45, 7) is 10.3. The van der Waals surface area contributed by atoms with Crippen LogP contribution in [0.3, 0.4) is 0 Å². The Hall–Kier alpha value is -6.61. The first kappa shape index (κ1) is 50.8. The van der Waals surface area contributed by atoms with Crippen molar-refractivity contribution in [1.29, 1.82) is 5.26 Å². The van der Waals surface area contributed by atoms with Crippen LogP contribution in [0.5, 0.6) is 11.5 Å². The molecule has 18 heteroatoms. The Morgan fingerprint density at radius 1 is 0.845 bits per heavy atom. The lowest BCUT2D eigenvalue weighted by molar-refractivity contribution is -0.131. The number of Topliss-reactive ketones (excluding diaryl/α,β-unsaturated/α-hetero) is 1. The van der Waals surface area contributed by atoms with E-state index in [0.29, 0.717) is 51.3 Å². The molecule has 0 aliphatic carbocycles. The zero-order chi connectivity index (χ0) is 50.1. The molecular formula is C53H60N9O8P. The fourth-order valence-electron chi connectivity index (χ4n) is 9.11. The molecule has 370 valence electrons. The highest BCUT2D eigenvalue weighted by Crippen LogP contribution is 2.53. The fourth-order valence-corrected chi connectivity index (χ4v) is 10.9. The molecule has 0 bridgehead atoms. The number of benzene rings is 4. The van der Waals surface area contributed by atoms with Crippen molar-refractivity contribution in [2.75, 3.05) is 26.6 Å². The molecule has 1 saturated heterocycles. The van der Waals surface area contributed by atoms with E-state index in [1.165, 1.54) is 6.33 Å². The molecule has 3 aromatic heterocycles. The van der Waals surface area contributed by atoms with Crippen molar-refractivity contribution in [1.82, 2.24) is 33.7 Å². The summed E-state index contributed by atoms with van der Waals surface area (Å²) in [5.41, 5.74) is 8.06. The fraction of sp³-hybridized carbons (Fsp3) is 0.358. The summed E-state index contributed by atoms with van der Waals surface area (Å²) in [6.07, 6.45) is 2.17. The average Bonchev–Trinajstić information content (AvgIpc) is 4.17. The van der Waals surface area contributed by atoms with Gasteiger partial charge in [0.2, 0.25) is 0 Å². The topological polar surface area (TPSA) is 196 Å². The maximum atomic E-state index is 16.0. The molecule has 4 heterocycles. The summed E-state index contributed by atoms with van der Waals surface area (Å²) in [4.78, 5) is 33.9. The molecule has 1 fully saturated rings. The summed E-state index contributed by atoms with van der Waals surface area (Å²) in [7, 11) is 1.21. The lowest BCUT2D eigenvalue weighted by Crippen LogP contribution is -2.51. The number of aromatic nitrogens is 6. The van der Waals surface area contributed by atoms with Crippen LogP contribution in [0.1, 0.15) is 87.0 Å². The second-order valence-corrected chi connectivity index (χ2v) is 18.8. The van der Waals surface area contributed by atoms with Crippen molar-refractivity contribution in [3.8, 4) is 17.6 Å². The van der Waals surface area contributed by atoms with Gasteiger partial charge < -0.3 is 43.0 Å². The van der Waals surface area contributed by atoms with Gasteiger partial charge in [0, 0.05) is 30.0 Å². The van der Waals surface area contributed by atoms with E-state index in [4.69, 9.17) is 38.5 Å². The number of carbonyl (C=O) groups is 1. The monoisotopic (exact) mass is 981 g/mol. The Kier molecular flexibility index (Phi) is 16.5. The lowest BCUT2D eigenvalue weighted by atomic mass is 9.79. The first-order chi connectivity index (χ1) is 34.5. The Labute approximate surface area is 415 Å². The van der Waals surface area contributed by atoms with E-state index in [1.54, 1.807) is 49.8 Å². The second kappa shape index (κ2) is 23.1. The number of fused-ring (bicyclic) bond motifs is 1. The van der Waals surface area contributed by atoms with Gasteiger partial charge in [-0.3, -0.25) is 9.36 Å². The number of rotatable bonds is 23. The van der Waals surface area contributed by atoms with E-state index < -0.39 is 56.8 Å². The highest BCUT2D eigenvalue weighted by molar-refractivity contribution is 7.44. The third-order valence-electron chi connectivity index (χ3n) is 12.4. The molecule has 2 N–H and O–H groups in total. The number of anilines is 1. The van der Waals surface area contributed by atoms with Crippen molar-refractivity contribution >= 4 is 31.3 Å². The molecule has 8 rings (SSSR count). The van der Waals surface area contributed by atoms with E-state index in [1.807, 2.05) is 115 Å². The number of methoxy groups -OCH3 is 2. The van der Waals surface area contributed by atoms with Gasteiger partial charge in [-0.1, -0.05) is 91.9 Å². The minimum absolute atomic E-state index is 0.0786. The lowest BCUT2D eigenvalue weighted by Gasteiger charge is -2.42. The summed E-state index contributed by atoms with van der Waals surface area (Å²) in [5, 5.41) is 9.74. The smallest absolute Gasteiger partial charge is 0.259 e. The molecule has 0 radical (unpaired) electrons. The van der Waals surface area contributed by atoms with E-state index in [9.17, 15) is 5.26 Å². The van der Waals surface area contributed by atoms with Gasteiger partial charge >= 0.3 is 0 Å². The van der Waals surface area contributed by atoms with Crippen molar-refractivity contribution in [3.63, 3.8) is 0 Å². The standard InChI is InChI=1S/C53H60N9O8P/c1-8-43(60-30-29-56-33-60)67-49-48(70-71(66-31-15-28-54)62(35(2)3)36(4)5)47(68-52(49)61-34-59-44-50(55)57-32-58-51(44)61)46(45(63)37-16-11-9-12-17-37)69-53(38-18-13-10-14-19-38,39-20-24-41(64-6)25-21-39)40-22-26-42(65-7)27-23-40/h9-14,16-27,29-30,32-36,43,46-49,52H,8,15,31H2,1-7H3,(H2,55,57,58)/t43?,46?,47-,48-,49-,52-,71?/m1/s1. The van der Waals surface area contributed by atoms with Crippen LogP contribution in [0, 0.1) is 11.3 Å². The van der Waals surface area contributed by atoms with Gasteiger partial charge in [0.05, 0.1) is 46.0 Å². The predicted molar refractivity (Wildman–Crippen MR) is 268 cm³/mol. The summed E-state index contributed by atoms with van der Waals surface area (Å²) in [5.74, 6) is 1.03. The van der Waals surface area contributed by atoms with Crippen LogP contribution < -0.4 is 15.2 Å². The molecule has 71 heavy (non-hydrogen) atoms. The van der Waals surface area contributed by atoms with Crippen LogP contribution in [0.4, 0.5) is 5.82 Å². The molecule has 1 aliphatic rings. The summed E-state index contributed by atoms with van der Waals surface area (Å²) < 4.78 is 53.8. The number of imidazole rings is 2. The van der Waals surface area contributed by atoms with Crippen molar-refractivity contribution in [3.05, 3.63) is 163 Å². The number of nitrogen functional groups attached to an aromatic ring is 1. The molecule has 17 nitrogen and oxygen atoms in total. The predicted octanol–water partition coefficient (Wildman–Crippen LogP) is 9.43. The van der Waals surface area contributed by atoms with Crippen LogP contribution in [0.15, 0.2) is 141 Å². The first-order valence-electron chi connectivity index (χ1n) is 23.6. The number of hydrogen-bond acceptors (Lipinski definition) is 15. The average molecular weight is 982 g/mol. The third kappa shape index (κ3) is 10.7. The number of ketones is 1. The number of nitrogens with two attached hydrogens (primary N) is 1. The van der Waals surface area contributed by atoms with Gasteiger partial charge in [-0.2, -0.15) is 5.26 Å². The Balaban J connectivity index is 1.42. The highest BCUT2D eigenvalue weighted by Gasteiger charge is 2.57. The molecule has 1 aliphatic heterocycles. The van der Waals surface area contributed by atoms with E-state index >= 15 is 4.79 Å². The quantitative estimate of drug-likeness (QED) is 0.0275. The first-order valence-corrected chi connectivity index (χ1v) is 24.7. The summed E-state index contributed by atoms with van der Waals surface area (Å²) >= 11 is 0. The minimum atomic E-state index is -2.01. The maximum Gasteiger partial charge on any atom is 0.259 e. The SMILES string of the molecule is CCC(O[C@@H]1[C@H](OP(OCCC#N)N(C(C)C)C(C)C)[C@@H](C(OC(c2ccccc2)(c2ccc(OC)cc2)c2ccc(OC)cc2)C(=O)c2ccccc2)O[C@H]1n1cnc2c(N)ncnc21)n1ccnc1. The third-order valence-corrected chi connectivity index (χ3v) is 14.5. The van der Waals surface area contributed by atoms with Gasteiger partial charge in [0.15, 0.2) is 29.6 Å². The van der Waals surface area contributed by atoms with Gasteiger partial charge in [-0.05, 0) is 75.1 Å². The minimum Gasteiger partial charge on any atom is -0.497 e. The van der Waals surface area contributed by atoms with Crippen molar-refractivity contribution < 1.29 is 37.5 Å². The number of nitriles is 1. The van der Waals surface area contributed by atoms with Crippen LogP contribution in [-0.2, 0) is 28.9 Å². The number of hydrogen-bond donors (Lipinski definition) is 1. The number of carbonyl (C=O) groups excluding carboxylic acids is 1. The molecule has 7 atom stereocenters. The largest absolute Gasteiger partial charge is 0.497 e. The van der Waals surface area contributed by atoms with Gasteiger partial charge in [-0.15, -0.1) is 0 Å². The van der Waals surface area contributed by atoms with Gasteiger partial charge in [0.25, 0.3) is 8.53 Å². The molecular weight excluding hydrogens is 922 g/mol. The number of nitrogens with zero attached hydrogens (tertiary/aromatic N) is 8. The van der Waals surface area contributed by atoms with E-state index in [0.717, 1.165) is 0 Å². The van der Waals surface area contributed by atoms with Crippen LogP contribution in [-0.4, -0.2) is 96.8 Å². The van der Waals surface area contributed by atoms with Gasteiger partial charge in [-0.25, -0.2) is 24.6 Å². The maximum absolute atomic E-state index is 16.0.